The SMILES string of the molecule is N#Cc1nc(-c2c(F)cccc2F)oc1Nc1ccc(C(=O)N2CCOCC2)cc1. The van der Waals surface area contributed by atoms with Gasteiger partial charge in [0, 0.05) is 24.3 Å². The van der Waals surface area contributed by atoms with Crippen molar-refractivity contribution in [2.24, 2.45) is 0 Å². The van der Waals surface area contributed by atoms with Crippen LogP contribution in [-0.2, 0) is 4.74 Å². The summed E-state index contributed by atoms with van der Waals surface area (Å²) in [5.74, 6) is -2.19. The Bertz CT molecular complexity index is 1100. The van der Waals surface area contributed by atoms with Crippen LogP contribution in [-0.4, -0.2) is 42.1 Å². The summed E-state index contributed by atoms with van der Waals surface area (Å²) in [6.07, 6.45) is 0. The van der Waals surface area contributed by atoms with Gasteiger partial charge in [0.05, 0.1) is 13.2 Å². The van der Waals surface area contributed by atoms with E-state index in [0.717, 1.165) is 12.1 Å². The molecule has 30 heavy (non-hydrogen) atoms. The maximum absolute atomic E-state index is 14.0. The summed E-state index contributed by atoms with van der Waals surface area (Å²) in [4.78, 5) is 18.1. The molecule has 0 atom stereocenters. The molecule has 1 aliphatic rings. The Morgan fingerprint density at radius 3 is 2.40 bits per heavy atom. The van der Waals surface area contributed by atoms with Gasteiger partial charge in [0.2, 0.25) is 17.5 Å². The molecule has 4 rings (SSSR count). The summed E-state index contributed by atoms with van der Waals surface area (Å²) < 4.78 is 38.7. The monoisotopic (exact) mass is 410 g/mol. The van der Waals surface area contributed by atoms with E-state index in [2.05, 4.69) is 10.3 Å². The summed E-state index contributed by atoms with van der Waals surface area (Å²) in [7, 11) is 0. The molecule has 3 aromatic rings. The normalized spacial score (nSPS) is 13.7. The topological polar surface area (TPSA) is 91.4 Å². The predicted octanol–water partition coefficient (Wildman–Crippen LogP) is 3.71. The summed E-state index contributed by atoms with van der Waals surface area (Å²) in [5, 5.41) is 12.2. The standard InChI is InChI=1S/C21H16F2N4O3/c22-15-2-1-3-16(23)18(15)20-26-17(12-24)19(30-20)25-14-6-4-13(5-7-14)21(28)27-8-10-29-11-9-27/h1-7,25H,8-11H2. The number of nitrogens with zero attached hydrogens (tertiary/aromatic N) is 3. The number of carbonyl (C=O) groups excluding carboxylic acids is 1. The van der Waals surface area contributed by atoms with E-state index < -0.39 is 17.2 Å². The van der Waals surface area contributed by atoms with Crippen molar-refractivity contribution in [3.8, 4) is 17.5 Å². The predicted molar refractivity (Wildman–Crippen MR) is 103 cm³/mol. The third-order valence-corrected chi connectivity index (χ3v) is 4.60. The second-order valence-corrected chi connectivity index (χ2v) is 6.51. The lowest BCUT2D eigenvalue weighted by Crippen LogP contribution is -2.40. The lowest BCUT2D eigenvalue weighted by Gasteiger charge is -2.26. The number of benzene rings is 2. The maximum atomic E-state index is 14.0. The molecular weight excluding hydrogens is 394 g/mol. The molecule has 0 bridgehead atoms. The van der Waals surface area contributed by atoms with Crippen molar-refractivity contribution < 1.29 is 22.7 Å². The number of anilines is 2. The fourth-order valence-electron chi connectivity index (χ4n) is 3.07. The van der Waals surface area contributed by atoms with Crippen LogP contribution in [0.4, 0.5) is 20.4 Å². The molecule has 0 spiro atoms. The summed E-state index contributed by atoms with van der Waals surface area (Å²) in [6, 6.07) is 11.8. The molecule has 1 saturated heterocycles. The van der Waals surface area contributed by atoms with Crippen LogP contribution in [0, 0.1) is 23.0 Å². The Kier molecular flexibility index (Phi) is 5.41. The number of morpholine rings is 1. The number of aromatic nitrogens is 1. The summed E-state index contributed by atoms with van der Waals surface area (Å²) >= 11 is 0. The molecule has 1 aromatic heterocycles. The molecule has 0 radical (unpaired) electrons. The van der Waals surface area contributed by atoms with Gasteiger partial charge in [-0.05, 0) is 36.4 Å². The van der Waals surface area contributed by atoms with Crippen LogP contribution < -0.4 is 5.32 Å². The molecule has 0 saturated carbocycles. The van der Waals surface area contributed by atoms with Crippen LogP contribution in [0.1, 0.15) is 16.1 Å². The van der Waals surface area contributed by atoms with Crippen molar-refractivity contribution in [2.45, 2.75) is 0 Å². The van der Waals surface area contributed by atoms with Crippen molar-refractivity contribution in [2.75, 3.05) is 31.6 Å². The number of hydrogen-bond acceptors (Lipinski definition) is 6. The molecule has 9 heteroatoms. The third-order valence-electron chi connectivity index (χ3n) is 4.60. The third kappa shape index (κ3) is 3.86. The highest BCUT2D eigenvalue weighted by Crippen LogP contribution is 2.31. The number of ether oxygens (including phenoxy) is 1. The Morgan fingerprint density at radius 1 is 1.10 bits per heavy atom. The number of oxazole rings is 1. The molecule has 0 aliphatic carbocycles. The number of carbonyl (C=O) groups is 1. The average Bonchev–Trinajstić information content (AvgIpc) is 3.16. The Balaban J connectivity index is 1.55. The summed E-state index contributed by atoms with van der Waals surface area (Å²) in [5.41, 5.74) is 0.422. The molecule has 2 heterocycles. The molecule has 7 nitrogen and oxygen atoms in total. The number of hydrogen-bond donors (Lipinski definition) is 1. The fourth-order valence-corrected chi connectivity index (χ4v) is 3.07. The highest BCUT2D eigenvalue weighted by molar-refractivity contribution is 5.94. The van der Waals surface area contributed by atoms with Crippen LogP contribution in [0.3, 0.4) is 0 Å². The number of halogens is 2. The largest absolute Gasteiger partial charge is 0.419 e. The van der Waals surface area contributed by atoms with Crippen molar-refractivity contribution in [3.63, 3.8) is 0 Å². The maximum Gasteiger partial charge on any atom is 0.254 e. The lowest BCUT2D eigenvalue weighted by atomic mass is 10.1. The van der Waals surface area contributed by atoms with Gasteiger partial charge in [-0.2, -0.15) is 10.2 Å². The first-order valence-electron chi connectivity index (χ1n) is 9.16. The van der Waals surface area contributed by atoms with E-state index in [1.54, 1.807) is 29.2 Å². The zero-order valence-electron chi connectivity index (χ0n) is 15.7. The highest BCUT2D eigenvalue weighted by Gasteiger charge is 2.21. The fraction of sp³-hybridized carbons (Fsp3) is 0.190. The van der Waals surface area contributed by atoms with Crippen LogP contribution in [0.5, 0.6) is 0 Å². The second kappa shape index (κ2) is 8.31. The molecule has 2 aromatic carbocycles. The molecule has 152 valence electrons. The summed E-state index contributed by atoms with van der Waals surface area (Å²) in [6.45, 7) is 2.10. The Labute approximate surface area is 170 Å². The van der Waals surface area contributed by atoms with Crippen LogP contribution in [0.15, 0.2) is 46.9 Å². The first-order valence-corrected chi connectivity index (χ1v) is 9.16. The van der Waals surface area contributed by atoms with Gasteiger partial charge in [-0.3, -0.25) is 4.79 Å². The van der Waals surface area contributed by atoms with E-state index >= 15 is 0 Å². The average molecular weight is 410 g/mol. The Morgan fingerprint density at radius 2 is 1.77 bits per heavy atom. The molecule has 0 unspecified atom stereocenters. The van der Waals surface area contributed by atoms with E-state index in [4.69, 9.17) is 9.15 Å². The van der Waals surface area contributed by atoms with Gasteiger partial charge in [-0.25, -0.2) is 8.78 Å². The van der Waals surface area contributed by atoms with Gasteiger partial charge in [0.25, 0.3) is 5.91 Å². The zero-order valence-corrected chi connectivity index (χ0v) is 15.7. The lowest BCUT2D eigenvalue weighted by molar-refractivity contribution is 0.0303. The van der Waals surface area contributed by atoms with E-state index in [1.165, 1.54) is 6.07 Å². The van der Waals surface area contributed by atoms with Gasteiger partial charge in [-0.1, -0.05) is 6.07 Å². The van der Waals surface area contributed by atoms with Gasteiger partial charge >= 0.3 is 0 Å². The van der Waals surface area contributed by atoms with Gasteiger partial charge < -0.3 is 19.4 Å². The van der Waals surface area contributed by atoms with Gasteiger partial charge in [0.1, 0.15) is 23.3 Å². The van der Waals surface area contributed by atoms with Gasteiger partial charge in [-0.15, -0.1) is 0 Å². The minimum Gasteiger partial charge on any atom is -0.419 e. The van der Waals surface area contributed by atoms with Crippen molar-refractivity contribution >= 4 is 17.5 Å². The van der Waals surface area contributed by atoms with E-state index in [-0.39, 0.29) is 23.4 Å². The number of rotatable bonds is 4. The number of nitriles is 1. The molecule has 1 N–H and O–H groups in total. The van der Waals surface area contributed by atoms with Crippen molar-refractivity contribution in [1.82, 2.24) is 9.88 Å². The minimum absolute atomic E-state index is 0.0533. The van der Waals surface area contributed by atoms with Crippen molar-refractivity contribution in [3.05, 3.63) is 65.4 Å². The molecule has 1 fully saturated rings. The second-order valence-electron chi connectivity index (χ2n) is 6.51. The number of nitrogens with one attached hydrogen (secondary N) is 1. The smallest absolute Gasteiger partial charge is 0.254 e. The van der Waals surface area contributed by atoms with Crippen LogP contribution in [0.2, 0.25) is 0 Å². The first kappa shape index (κ1) is 19.5. The Hall–Kier alpha value is -3.77. The molecule has 1 aliphatic heterocycles. The molecular formula is C21H16F2N4O3. The quantitative estimate of drug-likeness (QED) is 0.705. The van der Waals surface area contributed by atoms with Gasteiger partial charge in [0.15, 0.2) is 0 Å². The number of amides is 1. The van der Waals surface area contributed by atoms with E-state index in [0.29, 0.717) is 37.6 Å². The van der Waals surface area contributed by atoms with E-state index in [1.807, 2.05) is 6.07 Å². The highest BCUT2D eigenvalue weighted by atomic mass is 19.1. The van der Waals surface area contributed by atoms with Crippen LogP contribution in [0.25, 0.3) is 11.5 Å². The van der Waals surface area contributed by atoms with Crippen LogP contribution >= 0.6 is 0 Å². The molecule has 1 amide bonds. The van der Waals surface area contributed by atoms with Crippen molar-refractivity contribution in [1.29, 1.82) is 5.26 Å². The van der Waals surface area contributed by atoms with E-state index in [9.17, 15) is 18.8 Å². The zero-order chi connectivity index (χ0) is 21.1. The minimum atomic E-state index is -0.849. The first-order chi connectivity index (χ1) is 14.6.